The second kappa shape index (κ2) is 9.17. The molecule has 0 saturated carbocycles. The van der Waals surface area contributed by atoms with E-state index in [9.17, 15) is 18.8 Å². The van der Waals surface area contributed by atoms with Gasteiger partial charge in [0.1, 0.15) is 11.6 Å². The zero-order valence-electron chi connectivity index (χ0n) is 17.6. The summed E-state index contributed by atoms with van der Waals surface area (Å²) in [5.74, 6) is -0.904. The molecule has 1 aromatic heterocycles. The minimum Gasteiger partial charge on any atom is -0.437 e. The van der Waals surface area contributed by atoms with E-state index in [4.69, 9.17) is 4.74 Å². The number of nitrogens with one attached hydrogen (secondary N) is 2. The lowest BCUT2D eigenvalue weighted by atomic mass is 9.95. The number of H-pyrrole nitrogens is 1. The Labute approximate surface area is 183 Å². The predicted octanol–water partition coefficient (Wildman–Crippen LogP) is 2.84. The molecule has 1 aliphatic heterocycles. The van der Waals surface area contributed by atoms with Crippen molar-refractivity contribution < 1.29 is 18.7 Å². The number of aromatic amines is 1. The first kappa shape index (κ1) is 21.5. The quantitative estimate of drug-likeness (QED) is 0.638. The molecule has 2 amide bonds. The summed E-state index contributed by atoms with van der Waals surface area (Å²) in [5, 5.41) is 10.0. The number of benzene rings is 2. The van der Waals surface area contributed by atoms with Crippen molar-refractivity contribution in [3.63, 3.8) is 0 Å². The summed E-state index contributed by atoms with van der Waals surface area (Å²) in [7, 11) is 0. The molecule has 1 saturated heterocycles. The van der Waals surface area contributed by atoms with E-state index in [2.05, 4.69) is 15.5 Å². The molecule has 0 radical (unpaired) electrons. The number of carbonyl (C=O) groups is 2. The highest BCUT2D eigenvalue weighted by Crippen LogP contribution is 2.28. The number of nitrogens with zero attached hydrogens (tertiary/aromatic N) is 2. The van der Waals surface area contributed by atoms with Gasteiger partial charge in [0.2, 0.25) is 11.8 Å². The minimum absolute atomic E-state index is 0.0122. The molecule has 8 nitrogen and oxygen atoms in total. The number of aromatic nitrogens is 2. The summed E-state index contributed by atoms with van der Waals surface area (Å²) < 4.78 is 20.3. The summed E-state index contributed by atoms with van der Waals surface area (Å²) in [4.78, 5) is 38.5. The van der Waals surface area contributed by atoms with Gasteiger partial charge in [0.25, 0.3) is 11.5 Å². The molecular formula is C23H23FN4O4. The highest BCUT2D eigenvalue weighted by molar-refractivity contribution is 5.95. The molecule has 2 heterocycles. The Hall–Kier alpha value is -3.75. The van der Waals surface area contributed by atoms with Gasteiger partial charge < -0.3 is 15.0 Å². The van der Waals surface area contributed by atoms with Crippen LogP contribution in [0, 0.1) is 11.7 Å². The number of amides is 2. The SMILES string of the molecule is CCNC(=O)C1CCN(C(=O)c2cc(Oc3n[nH]c(=O)c4ccccc34)ccc2F)CC1. The maximum atomic E-state index is 14.5. The van der Waals surface area contributed by atoms with E-state index in [1.54, 1.807) is 29.2 Å². The molecule has 0 bridgehead atoms. The van der Waals surface area contributed by atoms with Gasteiger partial charge in [0.15, 0.2) is 0 Å². The molecule has 3 aromatic rings. The average molecular weight is 438 g/mol. The van der Waals surface area contributed by atoms with Crippen molar-refractivity contribution in [2.75, 3.05) is 19.6 Å². The fourth-order valence-electron chi connectivity index (χ4n) is 3.84. The molecular weight excluding hydrogens is 415 g/mol. The summed E-state index contributed by atoms with van der Waals surface area (Å²) >= 11 is 0. The standard InChI is InChI=1S/C23H23FN4O4/c1-2-25-20(29)14-9-11-28(12-10-14)23(31)18-13-15(7-8-19(18)24)32-22-17-6-4-3-5-16(17)21(30)26-27-22/h3-8,13-14H,2,9-12H2,1H3,(H,25,29)(H,26,30). The molecule has 4 rings (SSSR count). The van der Waals surface area contributed by atoms with Crippen LogP contribution in [0.1, 0.15) is 30.1 Å². The lowest BCUT2D eigenvalue weighted by molar-refractivity contribution is -0.126. The zero-order valence-corrected chi connectivity index (χ0v) is 17.6. The van der Waals surface area contributed by atoms with Crippen LogP contribution in [0.15, 0.2) is 47.3 Å². The van der Waals surface area contributed by atoms with E-state index >= 15 is 0 Å². The maximum Gasteiger partial charge on any atom is 0.272 e. The molecule has 2 N–H and O–H groups in total. The van der Waals surface area contributed by atoms with Gasteiger partial charge in [-0.05, 0) is 50.1 Å². The van der Waals surface area contributed by atoms with Crippen molar-refractivity contribution in [1.82, 2.24) is 20.4 Å². The van der Waals surface area contributed by atoms with Crippen molar-refractivity contribution in [2.24, 2.45) is 5.92 Å². The molecule has 1 fully saturated rings. The van der Waals surface area contributed by atoms with Crippen LogP contribution < -0.4 is 15.6 Å². The maximum absolute atomic E-state index is 14.5. The highest BCUT2D eigenvalue weighted by Gasteiger charge is 2.29. The van der Waals surface area contributed by atoms with Crippen LogP contribution in [-0.2, 0) is 4.79 Å². The molecule has 9 heteroatoms. The van der Waals surface area contributed by atoms with Crippen molar-refractivity contribution in [2.45, 2.75) is 19.8 Å². The minimum atomic E-state index is -0.660. The number of fused-ring (bicyclic) bond motifs is 1. The summed E-state index contributed by atoms with van der Waals surface area (Å²) in [6, 6.07) is 10.7. The summed E-state index contributed by atoms with van der Waals surface area (Å²) in [5.41, 5.74) is -0.466. The lowest BCUT2D eigenvalue weighted by Crippen LogP contribution is -2.43. The van der Waals surface area contributed by atoms with Gasteiger partial charge in [-0.3, -0.25) is 14.4 Å². The topological polar surface area (TPSA) is 104 Å². The smallest absolute Gasteiger partial charge is 0.272 e. The molecule has 0 unspecified atom stereocenters. The van der Waals surface area contributed by atoms with E-state index in [-0.39, 0.29) is 34.6 Å². The number of hydrogen-bond acceptors (Lipinski definition) is 5. The van der Waals surface area contributed by atoms with Crippen molar-refractivity contribution >= 4 is 22.6 Å². The van der Waals surface area contributed by atoms with E-state index in [0.29, 0.717) is 43.2 Å². The second-order valence-corrected chi connectivity index (χ2v) is 7.61. The Kier molecular flexibility index (Phi) is 6.16. The summed E-state index contributed by atoms with van der Waals surface area (Å²) in [6.45, 7) is 3.17. The van der Waals surface area contributed by atoms with E-state index in [1.807, 2.05) is 6.92 Å². The Morgan fingerprint density at radius 2 is 1.91 bits per heavy atom. The fourth-order valence-corrected chi connectivity index (χ4v) is 3.84. The number of carbonyl (C=O) groups excluding carboxylic acids is 2. The van der Waals surface area contributed by atoms with Gasteiger partial charge in [0.05, 0.1) is 16.3 Å². The van der Waals surface area contributed by atoms with Gasteiger partial charge in [-0.15, -0.1) is 5.10 Å². The molecule has 0 spiro atoms. The first-order chi connectivity index (χ1) is 15.5. The van der Waals surface area contributed by atoms with Gasteiger partial charge in [0, 0.05) is 25.6 Å². The summed E-state index contributed by atoms with van der Waals surface area (Å²) in [6.07, 6.45) is 1.06. The van der Waals surface area contributed by atoms with Gasteiger partial charge in [-0.25, -0.2) is 9.49 Å². The molecule has 166 valence electrons. The number of piperidine rings is 1. The first-order valence-corrected chi connectivity index (χ1v) is 10.5. The number of ether oxygens (including phenoxy) is 1. The first-order valence-electron chi connectivity index (χ1n) is 10.5. The Morgan fingerprint density at radius 1 is 1.19 bits per heavy atom. The van der Waals surface area contributed by atoms with E-state index in [1.165, 1.54) is 12.1 Å². The number of likely N-dealkylation sites (tertiary alicyclic amines) is 1. The van der Waals surface area contributed by atoms with Crippen molar-refractivity contribution in [3.05, 3.63) is 64.2 Å². The van der Waals surface area contributed by atoms with Gasteiger partial charge in [-0.2, -0.15) is 0 Å². The van der Waals surface area contributed by atoms with Crippen LogP contribution in [0.25, 0.3) is 10.8 Å². The lowest BCUT2D eigenvalue weighted by Gasteiger charge is -2.31. The fraction of sp³-hybridized carbons (Fsp3) is 0.304. The number of halogens is 1. The third-order valence-corrected chi connectivity index (χ3v) is 5.55. The van der Waals surface area contributed by atoms with Crippen molar-refractivity contribution in [3.8, 4) is 11.6 Å². The Bertz CT molecular complexity index is 1220. The van der Waals surface area contributed by atoms with Crippen LogP contribution in [0.2, 0.25) is 0 Å². The average Bonchev–Trinajstić information content (AvgIpc) is 2.82. The molecule has 0 atom stereocenters. The van der Waals surface area contributed by atoms with Crippen molar-refractivity contribution in [1.29, 1.82) is 0 Å². The molecule has 1 aliphatic rings. The van der Waals surface area contributed by atoms with Crippen LogP contribution in [0.4, 0.5) is 4.39 Å². The van der Waals surface area contributed by atoms with Gasteiger partial charge in [-0.1, -0.05) is 12.1 Å². The third-order valence-electron chi connectivity index (χ3n) is 5.55. The van der Waals surface area contributed by atoms with Crippen LogP contribution >= 0.6 is 0 Å². The highest BCUT2D eigenvalue weighted by atomic mass is 19.1. The van der Waals surface area contributed by atoms with Crippen LogP contribution in [-0.4, -0.2) is 46.5 Å². The Morgan fingerprint density at radius 3 is 2.62 bits per heavy atom. The molecule has 32 heavy (non-hydrogen) atoms. The normalized spacial score (nSPS) is 14.4. The van der Waals surface area contributed by atoms with Crippen LogP contribution in [0.5, 0.6) is 11.6 Å². The molecule has 2 aromatic carbocycles. The van der Waals surface area contributed by atoms with Gasteiger partial charge >= 0.3 is 0 Å². The van der Waals surface area contributed by atoms with E-state index < -0.39 is 11.7 Å². The third kappa shape index (κ3) is 4.32. The van der Waals surface area contributed by atoms with Crippen LogP contribution in [0.3, 0.4) is 0 Å². The predicted molar refractivity (Wildman–Crippen MR) is 116 cm³/mol. The van der Waals surface area contributed by atoms with E-state index in [0.717, 1.165) is 6.07 Å². The Balaban J connectivity index is 1.53. The number of hydrogen-bond donors (Lipinski definition) is 2. The zero-order chi connectivity index (χ0) is 22.7. The second-order valence-electron chi connectivity index (χ2n) is 7.61. The molecule has 0 aliphatic carbocycles. The largest absolute Gasteiger partial charge is 0.437 e. The number of rotatable bonds is 5. The monoisotopic (exact) mass is 438 g/mol.